The minimum Gasteiger partial charge on any atom is -0.469 e. The van der Waals surface area contributed by atoms with Crippen LogP contribution in [0.5, 0.6) is 0 Å². The summed E-state index contributed by atoms with van der Waals surface area (Å²) in [5.74, 6) is 0.445. The van der Waals surface area contributed by atoms with Crippen LogP contribution in [-0.2, 0) is 9.53 Å². The fraction of sp³-hybridized carbons (Fsp3) is 0.500. The highest BCUT2D eigenvalue weighted by Crippen LogP contribution is 2.14. The Morgan fingerprint density at radius 1 is 1.56 bits per heavy atom. The predicted octanol–water partition coefficient (Wildman–Crippen LogP) is 0.476. The second-order valence-electron chi connectivity index (χ2n) is 4.24. The number of furan rings is 1. The predicted molar refractivity (Wildman–Crippen MR) is 62.9 cm³/mol. The largest absolute Gasteiger partial charge is 0.469 e. The Kier molecular flexibility index (Phi) is 3.66. The highest BCUT2D eigenvalue weighted by atomic mass is 16.5. The Hall–Kier alpha value is -1.82. The van der Waals surface area contributed by atoms with Crippen molar-refractivity contribution in [1.82, 2.24) is 9.80 Å². The molecular weight excluding hydrogens is 236 g/mol. The molecule has 6 nitrogen and oxygen atoms in total. The van der Waals surface area contributed by atoms with Gasteiger partial charge in [0.15, 0.2) is 0 Å². The van der Waals surface area contributed by atoms with Gasteiger partial charge >= 0.3 is 0 Å². The SMILES string of the molecule is COCCN1CN(C(=O)c2coc(C)c2)CC1=O. The number of methoxy groups -OCH3 is 1. The van der Waals surface area contributed by atoms with Crippen LogP contribution in [0.25, 0.3) is 0 Å². The number of ether oxygens (including phenoxy) is 1. The van der Waals surface area contributed by atoms with Crippen LogP contribution < -0.4 is 0 Å². The molecule has 1 aliphatic heterocycles. The number of nitrogens with zero attached hydrogens (tertiary/aromatic N) is 2. The molecule has 0 bridgehead atoms. The van der Waals surface area contributed by atoms with Crippen LogP contribution in [0.3, 0.4) is 0 Å². The first-order valence-corrected chi connectivity index (χ1v) is 5.73. The summed E-state index contributed by atoms with van der Waals surface area (Å²) in [5.41, 5.74) is 0.480. The molecule has 0 radical (unpaired) electrons. The molecule has 0 spiro atoms. The molecule has 98 valence electrons. The Morgan fingerprint density at radius 2 is 2.33 bits per heavy atom. The molecule has 0 unspecified atom stereocenters. The number of rotatable bonds is 4. The summed E-state index contributed by atoms with van der Waals surface area (Å²) < 4.78 is 10.0. The Balaban J connectivity index is 1.99. The van der Waals surface area contributed by atoms with E-state index < -0.39 is 0 Å². The molecule has 0 aliphatic carbocycles. The lowest BCUT2D eigenvalue weighted by molar-refractivity contribution is -0.127. The van der Waals surface area contributed by atoms with E-state index in [9.17, 15) is 9.59 Å². The van der Waals surface area contributed by atoms with E-state index in [2.05, 4.69) is 0 Å². The summed E-state index contributed by atoms with van der Waals surface area (Å²) in [5, 5.41) is 0. The summed E-state index contributed by atoms with van der Waals surface area (Å²) in [7, 11) is 1.58. The smallest absolute Gasteiger partial charge is 0.259 e. The van der Waals surface area contributed by atoms with Gasteiger partial charge in [0.1, 0.15) is 18.6 Å². The van der Waals surface area contributed by atoms with Crippen molar-refractivity contribution < 1.29 is 18.7 Å². The van der Waals surface area contributed by atoms with Crippen LogP contribution in [-0.4, -0.2) is 55.1 Å². The lowest BCUT2D eigenvalue weighted by Crippen LogP contribution is -2.32. The van der Waals surface area contributed by atoms with E-state index in [0.29, 0.717) is 31.1 Å². The minimum atomic E-state index is -0.180. The van der Waals surface area contributed by atoms with Crippen LogP contribution >= 0.6 is 0 Å². The molecule has 1 fully saturated rings. The fourth-order valence-corrected chi connectivity index (χ4v) is 1.87. The Labute approximate surface area is 105 Å². The highest BCUT2D eigenvalue weighted by molar-refractivity contribution is 5.97. The van der Waals surface area contributed by atoms with Gasteiger partial charge in [0.2, 0.25) is 5.91 Å². The van der Waals surface area contributed by atoms with Gasteiger partial charge in [-0.15, -0.1) is 0 Å². The van der Waals surface area contributed by atoms with Gasteiger partial charge in [-0.1, -0.05) is 0 Å². The number of aryl methyl sites for hydroxylation is 1. The Morgan fingerprint density at radius 3 is 2.94 bits per heavy atom. The molecule has 18 heavy (non-hydrogen) atoms. The molecule has 2 amide bonds. The normalized spacial score (nSPS) is 15.6. The van der Waals surface area contributed by atoms with Crippen LogP contribution in [0.1, 0.15) is 16.1 Å². The number of carbonyl (C=O) groups excluding carboxylic acids is 2. The molecule has 0 N–H and O–H groups in total. The molecular formula is C12H16N2O4. The minimum absolute atomic E-state index is 0.0550. The highest BCUT2D eigenvalue weighted by Gasteiger charge is 2.31. The molecule has 1 aromatic rings. The maximum absolute atomic E-state index is 12.1. The number of carbonyl (C=O) groups is 2. The molecule has 0 aromatic carbocycles. The van der Waals surface area contributed by atoms with E-state index >= 15 is 0 Å². The molecule has 2 heterocycles. The molecule has 1 aromatic heterocycles. The van der Waals surface area contributed by atoms with Gasteiger partial charge < -0.3 is 19.0 Å². The second-order valence-corrected chi connectivity index (χ2v) is 4.24. The average Bonchev–Trinajstić information content (AvgIpc) is 2.92. The van der Waals surface area contributed by atoms with Gasteiger partial charge in [-0.2, -0.15) is 0 Å². The van der Waals surface area contributed by atoms with E-state index in [0.717, 1.165) is 0 Å². The zero-order valence-corrected chi connectivity index (χ0v) is 10.5. The molecule has 0 atom stereocenters. The Bertz CT molecular complexity index is 455. The summed E-state index contributed by atoms with van der Waals surface area (Å²) >= 11 is 0. The molecule has 2 rings (SSSR count). The van der Waals surface area contributed by atoms with E-state index in [1.165, 1.54) is 11.2 Å². The van der Waals surface area contributed by atoms with Gasteiger partial charge in [-0.05, 0) is 13.0 Å². The lowest BCUT2D eigenvalue weighted by Gasteiger charge is -2.17. The van der Waals surface area contributed by atoms with Crippen molar-refractivity contribution in [2.75, 3.05) is 33.5 Å². The number of hydrogen-bond acceptors (Lipinski definition) is 4. The lowest BCUT2D eigenvalue weighted by atomic mass is 10.3. The fourth-order valence-electron chi connectivity index (χ4n) is 1.87. The summed E-state index contributed by atoms with van der Waals surface area (Å²) in [4.78, 5) is 26.9. The van der Waals surface area contributed by atoms with Crippen molar-refractivity contribution in [1.29, 1.82) is 0 Å². The van der Waals surface area contributed by atoms with Crippen molar-refractivity contribution in [2.24, 2.45) is 0 Å². The van der Waals surface area contributed by atoms with Gasteiger partial charge in [-0.3, -0.25) is 9.59 Å². The molecule has 1 saturated heterocycles. The maximum Gasteiger partial charge on any atom is 0.259 e. The van der Waals surface area contributed by atoms with Gasteiger partial charge in [-0.25, -0.2) is 0 Å². The van der Waals surface area contributed by atoms with Crippen LogP contribution in [0.2, 0.25) is 0 Å². The third-order valence-electron chi connectivity index (χ3n) is 2.85. The van der Waals surface area contributed by atoms with Crippen molar-refractivity contribution in [2.45, 2.75) is 6.92 Å². The standard InChI is InChI=1S/C12H16N2O4/c1-9-5-10(7-18-9)12(16)14-6-11(15)13(8-14)3-4-17-2/h5,7H,3-4,6,8H2,1-2H3. The molecule has 6 heteroatoms. The quantitative estimate of drug-likeness (QED) is 0.781. The first-order valence-electron chi connectivity index (χ1n) is 5.73. The van der Waals surface area contributed by atoms with Crippen molar-refractivity contribution >= 4 is 11.8 Å². The number of hydrogen-bond donors (Lipinski definition) is 0. The second kappa shape index (κ2) is 5.22. The van der Waals surface area contributed by atoms with E-state index in [1.807, 2.05) is 0 Å². The van der Waals surface area contributed by atoms with Crippen LogP contribution in [0.4, 0.5) is 0 Å². The molecule has 0 saturated carbocycles. The number of amides is 2. The zero-order valence-electron chi connectivity index (χ0n) is 10.5. The monoisotopic (exact) mass is 252 g/mol. The van der Waals surface area contributed by atoms with Gasteiger partial charge in [0.25, 0.3) is 5.91 Å². The van der Waals surface area contributed by atoms with Crippen molar-refractivity contribution in [3.8, 4) is 0 Å². The summed E-state index contributed by atoms with van der Waals surface area (Å²) in [6.07, 6.45) is 1.42. The van der Waals surface area contributed by atoms with E-state index in [-0.39, 0.29) is 18.4 Å². The topological polar surface area (TPSA) is 63.0 Å². The van der Waals surface area contributed by atoms with Gasteiger partial charge in [0.05, 0.1) is 18.8 Å². The van der Waals surface area contributed by atoms with Crippen molar-refractivity contribution in [3.05, 3.63) is 23.7 Å². The van der Waals surface area contributed by atoms with Gasteiger partial charge in [0, 0.05) is 13.7 Å². The van der Waals surface area contributed by atoms with E-state index in [4.69, 9.17) is 9.15 Å². The third kappa shape index (κ3) is 2.53. The first kappa shape index (κ1) is 12.6. The van der Waals surface area contributed by atoms with Crippen LogP contribution in [0.15, 0.2) is 16.7 Å². The molecule has 1 aliphatic rings. The van der Waals surface area contributed by atoms with Crippen molar-refractivity contribution in [3.63, 3.8) is 0 Å². The average molecular weight is 252 g/mol. The van der Waals surface area contributed by atoms with Crippen LogP contribution in [0, 0.1) is 6.92 Å². The summed E-state index contributed by atoms with van der Waals surface area (Å²) in [6, 6.07) is 1.67. The third-order valence-corrected chi connectivity index (χ3v) is 2.85. The maximum atomic E-state index is 12.1. The zero-order chi connectivity index (χ0) is 13.1. The van der Waals surface area contributed by atoms with E-state index in [1.54, 1.807) is 25.0 Å². The summed E-state index contributed by atoms with van der Waals surface area (Å²) in [6.45, 7) is 3.18. The first-order chi connectivity index (χ1) is 8.61.